The van der Waals surface area contributed by atoms with E-state index in [2.05, 4.69) is 6.08 Å². The molecule has 0 spiro atoms. The number of carbonyl (C=O) groups is 2. The lowest BCUT2D eigenvalue weighted by atomic mass is 10.0. The maximum absolute atomic E-state index is 12.4. The summed E-state index contributed by atoms with van der Waals surface area (Å²) < 4.78 is 0. The zero-order chi connectivity index (χ0) is 14.5. The number of thioether (sulfide) groups is 1. The van der Waals surface area contributed by atoms with Gasteiger partial charge in [0.1, 0.15) is 6.04 Å². The van der Waals surface area contributed by atoms with Gasteiger partial charge in [-0.05, 0) is 38.5 Å². The van der Waals surface area contributed by atoms with Gasteiger partial charge in [0.15, 0.2) is 0 Å². The molecule has 6 heteroatoms. The summed E-state index contributed by atoms with van der Waals surface area (Å²) in [6.07, 6.45) is 8.76. The highest BCUT2D eigenvalue weighted by Gasteiger charge is 2.34. The van der Waals surface area contributed by atoms with Crippen molar-refractivity contribution in [2.45, 2.75) is 50.6 Å². The largest absolute Gasteiger partial charge is 0.480 e. The molecule has 1 amide bonds. The lowest BCUT2D eigenvalue weighted by Crippen LogP contribution is -2.36. The molecule has 0 aliphatic heterocycles. The third-order valence-electron chi connectivity index (χ3n) is 3.60. The minimum Gasteiger partial charge on any atom is -0.480 e. The van der Waals surface area contributed by atoms with Crippen LogP contribution in [-0.2, 0) is 9.59 Å². The van der Waals surface area contributed by atoms with Gasteiger partial charge in [-0.1, -0.05) is 6.08 Å². The topological polar surface area (TPSA) is 83.6 Å². The average Bonchev–Trinajstić information content (AvgIpc) is 3.24. The van der Waals surface area contributed by atoms with Gasteiger partial charge in [-0.3, -0.25) is 9.59 Å². The van der Waals surface area contributed by atoms with Crippen molar-refractivity contribution in [1.82, 2.24) is 4.90 Å². The van der Waals surface area contributed by atoms with Crippen molar-refractivity contribution in [3.63, 3.8) is 0 Å². The van der Waals surface area contributed by atoms with Crippen molar-refractivity contribution in [3.05, 3.63) is 11.8 Å². The summed E-state index contributed by atoms with van der Waals surface area (Å²) in [5.74, 6) is -0.324. The number of nitrogens with two attached hydrogens (primary N) is 1. The zero-order valence-electron chi connectivity index (χ0n) is 11.6. The molecule has 0 radical (unpaired) electrons. The molecule has 2 aliphatic carbocycles. The number of carboxylic acid groups (broad SMARTS) is 1. The number of hydrogen-bond acceptors (Lipinski definition) is 4. The van der Waals surface area contributed by atoms with Crippen molar-refractivity contribution < 1.29 is 14.7 Å². The van der Waals surface area contributed by atoms with Crippen LogP contribution in [0.3, 0.4) is 0 Å². The molecule has 1 saturated carbocycles. The summed E-state index contributed by atoms with van der Waals surface area (Å²) in [5.41, 5.74) is 6.61. The van der Waals surface area contributed by atoms with Crippen LogP contribution in [0.5, 0.6) is 0 Å². The fourth-order valence-electron chi connectivity index (χ4n) is 2.39. The highest BCUT2D eigenvalue weighted by Crippen LogP contribution is 2.34. The van der Waals surface area contributed by atoms with Crippen LogP contribution < -0.4 is 5.73 Å². The fraction of sp³-hybridized carbons (Fsp3) is 0.714. The van der Waals surface area contributed by atoms with Crippen molar-refractivity contribution >= 4 is 23.6 Å². The molecule has 0 heterocycles. The molecular weight excluding hydrogens is 276 g/mol. The summed E-state index contributed by atoms with van der Waals surface area (Å²) in [4.78, 5) is 24.9. The molecule has 112 valence electrons. The lowest BCUT2D eigenvalue weighted by Gasteiger charge is -2.27. The summed E-state index contributed by atoms with van der Waals surface area (Å²) in [5, 5.41) is 8.72. The Bertz CT molecular complexity index is 407. The van der Waals surface area contributed by atoms with Crippen molar-refractivity contribution in [2.75, 3.05) is 11.5 Å². The Balaban J connectivity index is 1.85. The molecule has 20 heavy (non-hydrogen) atoms. The van der Waals surface area contributed by atoms with Crippen LogP contribution >= 0.6 is 11.8 Å². The first-order valence-corrected chi connectivity index (χ1v) is 8.32. The van der Waals surface area contributed by atoms with E-state index in [1.54, 1.807) is 0 Å². The summed E-state index contributed by atoms with van der Waals surface area (Å²) in [6.45, 7) is 0. The normalized spacial score (nSPS) is 20.1. The van der Waals surface area contributed by atoms with Gasteiger partial charge < -0.3 is 15.7 Å². The smallest absolute Gasteiger partial charge is 0.321 e. The number of allylic oxidation sites excluding steroid dienone is 2. The number of amides is 1. The molecular formula is C14H22N2O3S. The van der Waals surface area contributed by atoms with Gasteiger partial charge in [0, 0.05) is 17.5 Å². The van der Waals surface area contributed by atoms with Crippen molar-refractivity contribution in [1.29, 1.82) is 0 Å². The van der Waals surface area contributed by atoms with Gasteiger partial charge in [-0.25, -0.2) is 0 Å². The van der Waals surface area contributed by atoms with Crippen LogP contribution in [0, 0.1) is 0 Å². The monoisotopic (exact) mass is 298 g/mol. The minimum atomic E-state index is -1.01. The van der Waals surface area contributed by atoms with E-state index < -0.39 is 12.0 Å². The Morgan fingerprint density at radius 3 is 2.75 bits per heavy atom. The molecule has 2 aliphatic rings. The van der Waals surface area contributed by atoms with E-state index in [0.717, 1.165) is 32.1 Å². The second-order valence-corrected chi connectivity index (χ2v) is 6.43. The fourth-order valence-corrected chi connectivity index (χ4v) is 3.21. The first-order valence-electron chi connectivity index (χ1n) is 7.17. The Labute approximate surface area is 123 Å². The van der Waals surface area contributed by atoms with E-state index >= 15 is 0 Å². The summed E-state index contributed by atoms with van der Waals surface area (Å²) >= 11 is 1.31. The maximum Gasteiger partial charge on any atom is 0.321 e. The Morgan fingerprint density at radius 2 is 2.20 bits per heavy atom. The summed E-state index contributed by atoms with van der Waals surface area (Å²) in [7, 11) is 0. The first-order chi connectivity index (χ1) is 9.59. The van der Waals surface area contributed by atoms with E-state index in [1.165, 1.54) is 23.9 Å². The maximum atomic E-state index is 12.4. The van der Waals surface area contributed by atoms with Crippen LogP contribution in [0.25, 0.3) is 0 Å². The van der Waals surface area contributed by atoms with Gasteiger partial charge in [-0.2, -0.15) is 0 Å². The molecule has 0 aromatic rings. The molecule has 1 atom stereocenters. The van der Waals surface area contributed by atoms with Gasteiger partial charge in [-0.15, -0.1) is 11.8 Å². The van der Waals surface area contributed by atoms with Crippen LogP contribution in [0.2, 0.25) is 0 Å². The van der Waals surface area contributed by atoms with Crippen molar-refractivity contribution in [2.24, 2.45) is 5.73 Å². The van der Waals surface area contributed by atoms with Gasteiger partial charge >= 0.3 is 5.97 Å². The third-order valence-corrected chi connectivity index (χ3v) is 4.64. The molecule has 0 bridgehead atoms. The Kier molecular flexibility index (Phi) is 5.48. The van der Waals surface area contributed by atoms with E-state index in [-0.39, 0.29) is 11.7 Å². The second kappa shape index (κ2) is 7.13. The SMILES string of the molecule is N[C@H](CSCC(=O)N(C1=CCCCC1)C1CC1)C(=O)O. The van der Waals surface area contributed by atoms with Crippen LogP contribution in [0.15, 0.2) is 11.8 Å². The highest BCUT2D eigenvalue weighted by atomic mass is 32.2. The molecule has 0 aromatic carbocycles. The lowest BCUT2D eigenvalue weighted by molar-refractivity contribution is -0.138. The Hall–Kier alpha value is -1.01. The number of nitrogens with zero attached hydrogens (tertiary/aromatic N) is 1. The standard InChI is InChI=1S/C14H22N2O3S/c15-12(14(18)19)8-20-9-13(17)16(11-6-7-11)10-4-2-1-3-5-10/h4,11-12H,1-3,5-9,15H2,(H,18,19)/t12-/m1/s1. The van der Waals surface area contributed by atoms with Crippen LogP contribution in [0.4, 0.5) is 0 Å². The van der Waals surface area contributed by atoms with E-state index in [0.29, 0.717) is 11.8 Å². The van der Waals surface area contributed by atoms with Crippen molar-refractivity contribution in [3.8, 4) is 0 Å². The van der Waals surface area contributed by atoms with Gasteiger partial charge in [0.2, 0.25) is 5.91 Å². The number of hydrogen-bond donors (Lipinski definition) is 2. The van der Waals surface area contributed by atoms with Gasteiger partial charge in [0.05, 0.1) is 5.75 Å². The molecule has 0 unspecified atom stereocenters. The Morgan fingerprint density at radius 1 is 1.45 bits per heavy atom. The number of carboxylic acids is 1. The second-order valence-electron chi connectivity index (χ2n) is 5.40. The molecule has 5 nitrogen and oxygen atoms in total. The quantitative estimate of drug-likeness (QED) is 0.745. The highest BCUT2D eigenvalue weighted by molar-refractivity contribution is 8.00. The zero-order valence-corrected chi connectivity index (χ0v) is 12.4. The van der Waals surface area contributed by atoms with Crippen LogP contribution in [0.1, 0.15) is 38.5 Å². The number of rotatable bonds is 7. The number of carbonyl (C=O) groups excluding carboxylic acids is 1. The predicted molar refractivity (Wildman–Crippen MR) is 79.4 cm³/mol. The molecule has 2 rings (SSSR count). The summed E-state index contributed by atoms with van der Waals surface area (Å²) in [6, 6.07) is -0.517. The predicted octanol–water partition coefficient (Wildman–Crippen LogP) is 1.58. The van der Waals surface area contributed by atoms with E-state index in [1.807, 2.05) is 4.90 Å². The molecule has 0 saturated heterocycles. The first kappa shape index (κ1) is 15.4. The average molecular weight is 298 g/mol. The van der Waals surface area contributed by atoms with E-state index in [9.17, 15) is 9.59 Å². The number of aliphatic carboxylic acids is 1. The third kappa shape index (κ3) is 4.24. The molecule has 1 fully saturated rings. The minimum absolute atomic E-state index is 0.100. The molecule has 3 N–H and O–H groups in total. The molecule has 0 aromatic heterocycles. The van der Waals surface area contributed by atoms with Crippen LogP contribution in [-0.4, -0.2) is 45.5 Å². The van der Waals surface area contributed by atoms with E-state index in [4.69, 9.17) is 10.8 Å². The van der Waals surface area contributed by atoms with Gasteiger partial charge in [0.25, 0.3) is 0 Å².